The van der Waals surface area contributed by atoms with Crippen LogP contribution in [0, 0.1) is 0 Å². The van der Waals surface area contributed by atoms with Crippen molar-refractivity contribution in [2.45, 2.75) is 25.8 Å². The molecule has 0 amide bonds. The average Bonchev–Trinajstić information content (AvgIpc) is 2.34. The summed E-state index contributed by atoms with van der Waals surface area (Å²) in [5, 5.41) is 13.0. The highest BCUT2D eigenvalue weighted by Crippen LogP contribution is 2.33. The van der Waals surface area contributed by atoms with Crippen LogP contribution in [0.4, 0.5) is 0 Å². The average molecular weight is 397 g/mol. The first kappa shape index (κ1) is 16.3. The van der Waals surface area contributed by atoms with Gasteiger partial charge in [-0.1, -0.05) is 6.42 Å². The van der Waals surface area contributed by atoms with E-state index in [-0.39, 0.29) is 5.75 Å². The highest BCUT2D eigenvalue weighted by atomic mass is 79.9. The summed E-state index contributed by atoms with van der Waals surface area (Å²) in [6.45, 7) is 1.88. The van der Waals surface area contributed by atoms with Crippen molar-refractivity contribution in [3.8, 4) is 5.75 Å². The minimum absolute atomic E-state index is 0.260. The predicted molar refractivity (Wildman–Crippen MR) is 87.4 cm³/mol. The lowest BCUT2D eigenvalue weighted by Crippen LogP contribution is -2.14. The maximum atomic E-state index is 9.61. The van der Waals surface area contributed by atoms with E-state index in [0.29, 0.717) is 0 Å². The molecule has 0 saturated carbocycles. The van der Waals surface area contributed by atoms with Crippen LogP contribution in [0.1, 0.15) is 24.8 Å². The van der Waals surface area contributed by atoms with Crippen LogP contribution in [0.25, 0.3) is 0 Å². The Morgan fingerprint density at radius 1 is 1.17 bits per heavy atom. The maximum Gasteiger partial charge on any atom is 0.143 e. The number of phenols is 1. The molecule has 0 spiro atoms. The Hall–Kier alpha value is 0.290. The Morgan fingerprint density at radius 3 is 2.44 bits per heavy atom. The van der Waals surface area contributed by atoms with Crippen LogP contribution in [0.2, 0.25) is 0 Å². The second kappa shape index (κ2) is 9.23. The molecule has 1 aromatic rings. The van der Waals surface area contributed by atoms with E-state index in [9.17, 15) is 5.11 Å². The standard InChI is InChI=1S/C13H19Br2NOS/c1-18-6-4-2-3-5-16-9-10-7-11(14)13(17)12(15)8-10/h7-8,16-17H,2-6,9H2,1H3. The number of hydrogen-bond acceptors (Lipinski definition) is 3. The zero-order valence-corrected chi connectivity index (χ0v) is 14.5. The SMILES string of the molecule is CSCCCCCNCc1cc(Br)c(O)c(Br)c1. The lowest BCUT2D eigenvalue weighted by atomic mass is 10.2. The molecular weight excluding hydrogens is 378 g/mol. The minimum Gasteiger partial charge on any atom is -0.506 e. The van der Waals surface area contributed by atoms with Crippen molar-refractivity contribution >= 4 is 43.6 Å². The van der Waals surface area contributed by atoms with Crippen molar-refractivity contribution in [1.29, 1.82) is 0 Å². The molecule has 0 unspecified atom stereocenters. The number of aromatic hydroxyl groups is 1. The molecule has 0 aliphatic rings. The smallest absolute Gasteiger partial charge is 0.143 e. The van der Waals surface area contributed by atoms with Crippen LogP contribution >= 0.6 is 43.6 Å². The molecular formula is C13H19Br2NOS. The van der Waals surface area contributed by atoms with E-state index in [1.165, 1.54) is 25.0 Å². The summed E-state index contributed by atoms with van der Waals surface area (Å²) in [6.07, 6.45) is 5.97. The molecule has 18 heavy (non-hydrogen) atoms. The molecule has 0 radical (unpaired) electrons. The third-order valence-electron chi connectivity index (χ3n) is 2.61. The van der Waals surface area contributed by atoms with Crippen molar-refractivity contribution in [3.63, 3.8) is 0 Å². The van der Waals surface area contributed by atoms with Gasteiger partial charge in [-0.25, -0.2) is 0 Å². The fraction of sp³-hybridized carbons (Fsp3) is 0.538. The van der Waals surface area contributed by atoms with Crippen LogP contribution in [-0.4, -0.2) is 23.7 Å². The van der Waals surface area contributed by atoms with Crippen LogP contribution in [0.5, 0.6) is 5.75 Å². The van der Waals surface area contributed by atoms with E-state index >= 15 is 0 Å². The first-order valence-corrected chi connectivity index (χ1v) is 8.99. The van der Waals surface area contributed by atoms with Crippen molar-refractivity contribution in [1.82, 2.24) is 5.32 Å². The molecule has 0 aliphatic heterocycles. The van der Waals surface area contributed by atoms with Gasteiger partial charge in [-0.15, -0.1) is 0 Å². The van der Waals surface area contributed by atoms with Gasteiger partial charge >= 0.3 is 0 Å². The van der Waals surface area contributed by atoms with E-state index < -0.39 is 0 Å². The van der Waals surface area contributed by atoms with Gasteiger partial charge in [0.1, 0.15) is 5.75 Å². The summed E-state index contributed by atoms with van der Waals surface area (Å²) in [4.78, 5) is 0. The number of halogens is 2. The lowest BCUT2D eigenvalue weighted by molar-refractivity contribution is 0.468. The van der Waals surface area contributed by atoms with Crippen molar-refractivity contribution in [2.24, 2.45) is 0 Å². The fourth-order valence-electron chi connectivity index (χ4n) is 1.63. The maximum absolute atomic E-state index is 9.61. The summed E-state index contributed by atoms with van der Waals surface area (Å²) < 4.78 is 1.46. The van der Waals surface area contributed by atoms with Crippen LogP contribution in [0.3, 0.4) is 0 Å². The minimum atomic E-state index is 0.260. The van der Waals surface area contributed by atoms with E-state index in [1.54, 1.807) is 0 Å². The van der Waals surface area contributed by atoms with E-state index in [2.05, 4.69) is 43.4 Å². The van der Waals surface area contributed by atoms with Gasteiger partial charge in [-0.05, 0) is 81.0 Å². The first-order chi connectivity index (χ1) is 8.65. The largest absolute Gasteiger partial charge is 0.506 e. The van der Waals surface area contributed by atoms with Gasteiger partial charge in [0, 0.05) is 6.54 Å². The molecule has 0 aliphatic carbocycles. The fourth-order valence-corrected chi connectivity index (χ4v) is 3.40. The number of thioether (sulfide) groups is 1. The Balaban J connectivity index is 2.23. The molecule has 1 aromatic carbocycles. The lowest BCUT2D eigenvalue weighted by Gasteiger charge is -2.07. The Bertz CT molecular complexity index is 351. The second-order valence-electron chi connectivity index (χ2n) is 4.14. The van der Waals surface area contributed by atoms with Gasteiger partial charge in [0.25, 0.3) is 0 Å². The molecule has 0 heterocycles. The Labute approximate surface area is 130 Å². The number of phenolic OH excluding ortho intramolecular Hbond substituents is 1. The zero-order chi connectivity index (χ0) is 13.4. The second-order valence-corrected chi connectivity index (χ2v) is 6.83. The van der Waals surface area contributed by atoms with E-state index in [1.807, 2.05) is 23.9 Å². The molecule has 5 heteroatoms. The molecule has 1 rings (SSSR count). The van der Waals surface area contributed by atoms with E-state index in [0.717, 1.165) is 27.6 Å². The molecule has 0 bridgehead atoms. The van der Waals surface area contributed by atoms with Gasteiger partial charge in [0.2, 0.25) is 0 Å². The molecule has 0 saturated heterocycles. The highest BCUT2D eigenvalue weighted by molar-refractivity contribution is 9.11. The zero-order valence-electron chi connectivity index (χ0n) is 10.5. The third kappa shape index (κ3) is 5.95. The van der Waals surface area contributed by atoms with Gasteiger partial charge in [0.15, 0.2) is 0 Å². The molecule has 2 N–H and O–H groups in total. The highest BCUT2D eigenvalue weighted by Gasteiger charge is 2.05. The third-order valence-corrected chi connectivity index (χ3v) is 4.51. The summed E-state index contributed by atoms with van der Waals surface area (Å²) in [6, 6.07) is 3.89. The van der Waals surface area contributed by atoms with Crippen LogP contribution < -0.4 is 5.32 Å². The van der Waals surface area contributed by atoms with Crippen molar-refractivity contribution in [2.75, 3.05) is 18.6 Å². The predicted octanol–water partition coefficient (Wildman–Crippen LogP) is 4.54. The topological polar surface area (TPSA) is 32.3 Å². The monoisotopic (exact) mass is 395 g/mol. The van der Waals surface area contributed by atoms with Gasteiger partial charge < -0.3 is 10.4 Å². The Kier molecular flexibility index (Phi) is 8.39. The molecule has 0 fully saturated rings. The summed E-state index contributed by atoms with van der Waals surface area (Å²) in [5.74, 6) is 1.52. The number of nitrogens with one attached hydrogen (secondary N) is 1. The molecule has 0 atom stereocenters. The van der Waals surface area contributed by atoms with Crippen LogP contribution in [0.15, 0.2) is 21.1 Å². The number of rotatable bonds is 8. The summed E-state index contributed by atoms with van der Waals surface area (Å²) >= 11 is 8.59. The van der Waals surface area contributed by atoms with Crippen molar-refractivity contribution < 1.29 is 5.11 Å². The van der Waals surface area contributed by atoms with Gasteiger partial charge in [-0.3, -0.25) is 0 Å². The summed E-state index contributed by atoms with van der Waals surface area (Å²) in [7, 11) is 0. The molecule has 0 aromatic heterocycles. The van der Waals surface area contributed by atoms with Gasteiger partial charge in [0.05, 0.1) is 8.95 Å². The normalized spacial score (nSPS) is 10.8. The Morgan fingerprint density at radius 2 is 1.83 bits per heavy atom. The quantitative estimate of drug-likeness (QED) is 0.632. The number of benzene rings is 1. The van der Waals surface area contributed by atoms with Crippen LogP contribution in [-0.2, 0) is 6.54 Å². The van der Waals surface area contributed by atoms with Crippen molar-refractivity contribution in [3.05, 3.63) is 26.6 Å². The molecule has 2 nitrogen and oxygen atoms in total. The van der Waals surface area contributed by atoms with Gasteiger partial charge in [-0.2, -0.15) is 11.8 Å². The summed E-state index contributed by atoms with van der Waals surface area (Å²) in [5.41, 5.74) is 1.16. The molecule has 102 valence electrons. The number of hydrogen-bond donors (Lipinski definition) is 2. The van der Waals surface area contributed by atoms with E-state index in [4.69, 9.17) is 0 Å². The number of unbranched alkanes of at least 4 members (excludes halogenated alkanes) is 2. The first-order valence-electron chi connectivity index (χ1n) is 6.01.